The first kappa shape index (κ1) is 21.5. The van der Waals surface area contributed by atoms with Crippen LogP contribution in [0.4, 0.5) is 5.82 Å². The number of aromatic nitrogens is 2. The average molecular weight is 412 g/mol. The van der Waals surface area contributed by atoms with Crippen LogP contribution in [0.3, 0.4) is 0 Å². The van der Waals surface area contributed by atoms with Gasteiger partial charge in [-0.3, -0.25) is 9.59 Å². The van der Waals surface area contributed by atoms with E-state index in [1.165, 1.54) is 0 Å². The van der Waals surface area contributed by atoms with Crippen LogP contribution in [0.2, 0.25) is 0 Å². The van der Waals surface area contributed by atoms with E-state index >= 15 is 0 Å². The fourth-order valence-electron chi connectivity index (χ4n) is 3.46. The van der Waals surface area contributed by atoms with Crippen LogP contribution in [0.5, 0.6) is 5.75 Å². The molecular formula is C22H29N5O3. The van der Waals surface area contributed by atoms with Gasteiger partial charge >= 0.3 is 0 Å². The summed E-state index contributed by atoms with van der Waals surface area (Å²) in [5.74, 6) is 1.61. The number of likely N-dealkylation sites (N-methyl/N-ethyl adjacent to an activating group) is 1. The van der Waals surface area contributed by atoms with Gasteiger partial charge in [0.15, 0.2) is 5.82 Å². The highest BCUT2D eigenvalue weighted by Crippen LogP contribution is 2.22. The summed E-state index contributed by atoms with van der Waals surface area (Å²) in [6.45, 7) is 7.01. The van der Waals surface area contributed by atoms with E-state index in [9.17, 15) is 9.59 Å². The van der Waals surface area contributed by atoms with Crippen molar-refractivity contribution in [1.82, 2.24) is 20.0 Å². The second-order valence-corrected chi connectivity index (χ2v) is 7.13. The van der Waals surface area contributed by atoms with E-state index in [0.717, 1.165) is 22.8 Å². The molecule has 0 spiro atoms. The molecule has 1 aromatic heterocycles. The topological polar surface area (TPSA) is 78.9 Å². The SMILES string of the molecule is CCC(=O)N(CC)CC(=O)N1CCN(c2ccc(-c3ccc(OC)cc3)nn2)CC1. The molecule has 3 rings (SSSR count). The predicted molar refractivity (Wildman–Crippen MR) is 115 cm³/mol. The van der Waals surface area contributed by atoms with E-state index in [2.05, 4.69) is 15.1 Å². The molecule has 0 N–H and O–H groups in total. The average Bonchev–Trinajstić information content (AvgIpc) is 2.82. The van der Waals surface area contributed by atoms with Crippen molar-refractivity contribution in [3.05, 3.63) is 36.4 Å². The highest BCUT2D eigenvalue weighted by molar-refractivity contribution is 5.84. The normalized spacial score (nSPS) is 13.8. The third-order valence-electron chi connectivity index (χ3n) is 5.36. The highest BCUT2D eigenvalue weighted by atomic mass is 16.5. The molecule has 0 radical (unpaired) electrons. The molecule has 0 bridgehead atoms. The summed E-state index contributed by atoms with van der Waals surface area (Å²) in [6.07, 6.45) is 0.417. The molecule has 1 fully saturated rings. The third-order valence-corrected chi connectivity index (χ3v) is 5.36. The molecule has 0 aliphatic carbocycles. The molecule has 8 nitrogen and oxygen atoms in total. The Hall–Kier alpha value is -3.16. The van der Waals surface area contributed by atoms with Crippen LogP contribution in [0.15, 0.2) is 36.4 Å². The fraction of sp³-hybridized carbons (Fsp3) is 0.455. The maximum atomic E-state index is 12.6. The summed E-state index contributed by atoms with van der Waals surface area (Å²) in [7, 11) is 1.64. The number of carbonyl (C=O) groups excluding carboxylic acids is 2. The van der Waals surface area contributed by atoms with Crippen LogP contribution in [-0.2, 0) is 9.59 Å². The van der Waals surface area contributed by atoms with Gasteiger partial charge in [-0.25, -0.2) is 0 Å². The van der Waals surface area contributed by atoms with Gasteiger partial charge in [-0.05, 0) is 43.3 Å². The molecule has 0 atom stereocenters. The first-order chi connectivity index (χ1) is 14.5. The summed E-state index contributed by atoms with van der Waals surface area (Å²) >= 11 is 0. The second-order valence-electron chi connectivity index (χ2n) is 7.13. The zero-order valence-electron chi connectivity index (χ0n) is 17.9. The van der Waals surface area contributed by atoms with E-state index < -0.39 is 0 Å². The molecular weight excluding hydrogens is 382 g/mol. The van der Waals surface area contributed by atoms with Crippen LogP contribution < -0.4 is 9.64 Å². The van der Waals surface area contributed by atoms with E-state index in [-0.39, 0.29) is 18.4 Å². The number of amides is 2. The number of rotatable bonds is 7. The largest absolute Gasteiger partial charge is 0.497 e. The molecule has 2 amide bonds. The minimum absolute atomic E-state index is 0.000706. The Balaban J connectivity index is 1.55. The third kappa shape index (κ3) is 5.06. The molecule has 1 aliphatic heterocycles. The molecule has 160 valence electrons. The molecule has 0 unspecified atom stereocenters. The van der Waals surface area contributed by atoms with Crippen molar-refractivity contribution in [2.24, 2.45) is 0 Å². The summed E-state index contributed by atoms with van der Waals surface area (Å²) in [6, 6.07) is 11.6. The zero-order chi connectivity index (χ0) is 21.5. The number of ether oxygens (including phenoxy) is 1. The van der Waals surface area contributed by atoms with E-state index in [1.54, 1.807) is 12.0 Å². The predicted octanol–water partition coefficient (Wildman–Crippen LogP) is 2.06. The Labute approximate surface area is 177 Å². The van der Waals surface area contributed by atoms with Gasteiger partial charge in [0.2, 0.25) is 11.8 Å². The monoisotopic (exact) mass is 411 g/mol. The Morgan fingerprint density at radius 2 is 1.70 bits per heavy atom. The standard InChI is InChI=1S/C22H29N5O3/c1-4-21(28)25(5-2)16-22(29)27-14-12-26(13-15-27)20-11-10-19(23-24-20)17-6-8-18(30-3)9-7-17/h6-11H,4-5,12-16H2,1-3H3. The molecule has 2 heterocycles. The van der Waals surface area contributed by atoms with Crippen LogP contribution in [0.25, 0.3) is 11.3 Å². The van der Waals surface area contributed by atoms with Gasteiger partial charge in [0, 0.05) is 44.7 Å². The van der Waals surface area contributed by atoms with Gasteiger partial charge < -0.3 is 19.4 Å². The lowest BCUT2D eigenvalue weighted by Gasteiger charge is -2.36. The minimum Gasteiger partial charge on any atom is -0.497 e. The molecule has 1 aromatic carbocycles. The van der Waals surface area contributed by atoms with Crippen molar-refractivity contribution in [3.63, 3.8) is 0 Å². The van der Waals surface area contributed by atoms with Crippen molar-refractivity contribution in [3.8, 4) is 17.0 Å². The second kappa shape index (κ2) is 10.0. The van der Waals surface area contributed by atoms with Gasteiger partial charge in [0.1, 0.15) is 5.75 Å². The Kier molecular flexibility index (Phi) is 7.21. The summed E-state index contributed by atoms with van der Waals surface area (Å²) in [4.78, 5) is 30.0. The minimum atomic E-state index is -0.000706. The van der Waals surface area contributed by atoms with Crippen LogP contribution >= 0.6 is 0 Å². The number of anilines is 1. The number of hydrogen-bond donors (Lipinski definition) is 0. The van der Waals surface area contributed by atoms with Crippen molar-refractivity contribution in [2.45, 2.75) is 20.3 Å². The fourth-order valence-corrected chi connectivity index (χ4v) is 3.46. The van der Waals surface area contributed by atoms with Crippen molar-refractivity contribution in [2.75, 3.05) is 51.3 Å². The lowest BCUT2D eigenvalue weighted by atomic mass is 10.1. The Morgan fingerprint density at radius 1 is 1.00 bits per heavy atom. The number of hydrogen-bond acceptors (Lipinski definition) is 6. The van der Waals surface area contributed by atoms with Gasteiger partial charge in [-0.1, -0.05) is 6.92 Å². The molecule has 0 saturated carbocycles. The van der Waals surface area contributed by atoms with Crippen molar-refractivity contribution >= 4 is 17.6 Å². The van der Waals surface area contributed by atoms with Crippen LogP contribution in [0.1, 0.15) is 20.3 Å². The highest BCUT2D eigenvalue weighted by Gasteiger charge is 2.24. The first-order valence-electron chi connectivity index (χ1n) is 10.3. The van der Waals surface area contributed by atoms with Gasteiger partial charge in [-0.15, -0.1) is 10.2 Å². The number of nitrogens with zero attached hydrogens (tertiary/aromatic N) is 5. The molecule has 1 saturated heterocycles. The quantitative estimate of drug-likeness (QED) is 0.694. The summed E-state index contributed by atoms with van der Waals surface area (Å²) in [5, 5.41) is 8.73. The summed E-state index contributed by atoms with van der Waals surface area (Å²) in [5.41, 5.74) is 1.78. The Bertz CT molecular complexity index is 846. The first-order valence-corrected chi connectivity index (χ1v) is 10.3. The maximum Gasteiger partial charge on any atom is 0.242 e. The van der Waals surface area contributed by atoms with Crippen LogP contribution in [0, 0.1) is 0 Å². The van der Waals surface area contributed by atoms with Gasteiger partial charge in [0.25, 0.3) is 0 Å². The number of carbonyl (C=O) groups is 2. The van der Waals surface area contributed by atoms with Crippen LogP contribution in [-0.4, -0.2) is 78.2 Å². The van der Waals surface area contributed by atoms with E-state index in [4.69, 9.17) is 4.74 Å². The smallest absolute Gasteiger partial charge is 0.242 e. The number of benzene rings is 1. The van der Waals surface area contributed by atoms with Crippen molar-refractivity contribution < 1.29 is 14.3 Å². The molecule has 2 aromatic rings. The number of methoxy groups -OCH3 is 1. The molecule has 1 aliphatic rings. The van der Waals surface area contributed by atoms with Crippen molar-refractivity contribution in [1.29, 1.82) is 0 Å². The van der Waals surface area contributed by atoms with Gasteiger partial charge in [-0.2, -0.15) is 0 Å². The number of piperazine rings is 1. The van der Waals surface area contributed by atoms with Gasteiger partial charge in [0.05, 0.1) is 19.3 Å². The maximum absolute atomic E-state index is 12.6. The summed E-state index contributed by atoms with van der Waals surface area (Å²) < 4.78 is 5.18. The molecule has 30 heavy (non-hydrogen) atoms. The lowest BCUT2D eigenvalue weighted by Crippen LogP contribution is -2.52. The Morgan fingerprint density at radius 3 is 2.23 bits per heavy atom. The lowest BCUT2D eigenvalue weighted by molar-refractivity contribution is -0.140. The zero-order valence-corrected chi connectivity index (χ0v) is 17.9. The van der Waals surface area contributed by atoms with E-state index in [1.807, 2.05) is 55.1 Å². The molecule has 8 heteroatoms. The van der Waals surface area contributed by atoms with E-state index in [0.29, 0.717) is 39.1 Å².